The van der Waals surface area contributed by atoms with Crippen LogP contribution in [-0.4, -0.2) is 59.8 Å². The molecule has 1 spiro atoms. The van der Waals surface area contributed by atoms with Gasteiger partial charge in [0, 0.05) is 36.3 Å². The van der Waals surface area contributed by atoms with Crippen LogP contribution >= 0.6 is 0 Å². The van der Waals surface area contributed by atoms with Gasteiger partial charge in [-0.15, -0.1) is 0 Å². The van der Waals surface area contributed by atoms with Gasteiger partial charge in [0.2, 0.25) is 5.91 Å². The summed E-state index contributed by atoms with van der Waals surface area (Å²) in [5.74, 6) is -0.615. The van der Waals surface area contributed by atoms with Crippen molar-refractivity contribution in [1.82, 2.24) is 15.1 Å². The summed E-state index contributed by atoms with van der Waals surface area (Å²) in [5, 5.41) is 5.45. The SMILES string of the molecule is CCN(CC)C(=O)c1cccc(NC(=O)CN2C(=O)NC3(CCOc4ccccc43)C2=O)c1. The van der Waals surface area contributed by atoms with Gasteiger partial charge < -0.3 is 20.3 Å². The molecular formula is C24H26N4O5. The summed E-state index contributed by atoms with van der Waals surface area (Å²) in [6.45, 7) is 4.78. The molecule has 1 atom stereocenters. The van der Waals surface area contributed by atoms with E-state index in [0.717, 1.165) is 4.90 Å². The zero-order valence-corrected chi connectivity index (χ0v) is 18.6. The summed E-state index contributed by atoms with van der Waals surface area (Å²) >= 11 is 0. The molecule has 4 rings (SSSR count). The summed E-state index contributed by atoms with van der Waals surface area (Å²) in [5.41, 5.74) is 0.211. The van der Waals surface area contributed by atoms with Crippen LogP contribution in [0.5, 0.6) is 5.75 Å². The second-order valence-electron chi connectivity index (χ2n) is 7.93. The summed E-state index contributed by atoms with van der Waals surface area (Å²) in [6.07, 6.45) is 0.280. The monoisotopic (exact) mass is 450 g/mol. The number of fused-ring (bicyclic) bond motifs is 2. The predicted octanol–water partition coefficient (Wildman–Crippen LogP) is 2.34. The van der Waals surface area contributed by atoms with Crippen molar-refractivity contribution < 1.29 is 23.9 Å². The molecule has 5 amide bonds. The molecule has 2 aliphatic heterocycles. The van der Waals surface area contributed by atoms with Crippen LogP contribution in [0.2, 0.25) is 0 Å². The van der Waals surface area contributed by atoms with Crippen LogP contribution < -0.4 is 15.4 Å². The van der Waals surface area contributed by atoms with E-state index in [9.17, 15) is 19.2 Å². The van der Waals surface area contributed by atoms with Crippen LogP contribution in [0.15, 0.2) is 48.5 Å². The number of hydrogen-bond donors (Lipinski definition) is 2. The summed E-state index contributed by atoms with van der Waals surface area (Å²) in [7, 11) is 0. The molecule has 0 bridgehead atoms. The average Bonchev–Trinajstić information content (AvgIpc) is 3.05. The number of urea groups is 1. The normalized spacial score (nSPS) is 19.0. The van der Waals surface area contributed by atoms with Crippen molar-refractivity contribution in [3.8, 4) is 5.75 Å². The number of benzene rings is 2. The van der Waals surface area contributed by atoms with E-state index in [1.54, 1.807) is 53.4 Å². The van der Waals surface area contributed by atoms with Crippen LogP contribution in [0, 0.1) is 0 Å². The highest BCUT2D eigenvalue weighted by atomic mass is 16.5. The van der Waals surface area contributed by atoms with Crippen molar-refractivity contribution in [1.29, 1.82) is 0 Å². The van der Waals surface area contributed by atoms with E-state index in [1.165, 1.54) is 0 Å². The maximum Gasteiger partial charge on any atom is 0.325 e. The molecule has 2 heterocycles. The minimum absolute atomic E-state index is 0.134. The molecule has 0 aromatic heterocycles. The Morgan fingerprint density at radius 2 is 1.88 bits per heavy atom. The summed E-state index contributed by atoms with van der Waals surface area (Å²) in [6, 6.07) is 13.0. The number of ether oxygens (including phenoxy) is 1. The molecule has 0 saturated carbocycles. The van der Waals surface area contributed by atoms with Gasteiger partial charge >= 0.3 is 6.03 Å². The molecule has 0 radical (unpaired) electrons. The second-order valence-corrected chi connectivity index (χ2v) is 7.93. The Hall–Kier alpha value is -3.88. The minimum atomic E-state index is -1.23. The molecule has 33 heavy (non-hydrogen) atoms. The van der Waals surface area contributed by atoms with Gasteiger partial charge in [0.15, 0.2) is 5.54 Å². The molecule has 9 nitrogen and oxygen atoms in total. The second kappa shape index (κ2) is 8.93. The summed E-state index contributed by atoms with van der Waals surface area (Å²) in [4.78, 5) is 53.8. The van der Waals surface area contributed by atoms with Crippen LogP contribution in [0.1, 0.15) is 36.2 Å². The van der Waals surface area contributed by atoms with Gasteiger partial charge in [-0.25, -0.2) is 4.79 Å². The quantitative estimate of drug-likeness (QED) is 0.657. The van der Waals surface area contributed by atoms with Gasteiger partial charge in [0.05, 0.1) is 6.61 Å². The smallest absolute Gasteiger partial charge is 0.325 e. The molecule has 2 aliphatic rings. The van der Waals surface area contributed by atoms with Crippen LogP contribution in [0.25, 0.3) is 0 Å². The van der Waals surface area contributed by atoms with Crippen LogP contribution in [0.4, 0.5) is 10.5 Å². The van der Waals surface area contributed by atoms with Crippen molar-refractivity contribution in [3.63, 3.8) is 0 Å². The number of hydrogen-bond acceptors (Lipinski definition) is 5. The molecule has 0 aliphatic carbocycles. The van der Waals surface area contributed by atoms with Crippen molar-refractivity contribution in [2.75, 3.05) is 31.6 Å². The zero-order chi connectivity index (χ0) is 23.6. The first-order valence-corrected chi connectivity index (χ1v) is 10.9. The molecule has 2 aromatic rings. The fourth-order valence-electron chi connectivity index (χ4n) is 4.28. The van der Waals surface area contributed by atoms with Gasteiger partial charge in [0.1, 0.15) is 12.3 Å². The van der Waals surface area contributed by atoms with Gasteiger partial charge in [-0.1, -0.05) is 24.3 Å². The Balaban J connectivity index is 1.48. The number of carbonyl (C=O) groups is 4. The van der Waals surface area contributed by atoms with Crippen molar-refractivity contribution in [2.24, 2.45) is 0 Å². The number of para-hydroxylation sites is 1. The third-order valence-electron chi connectivity index (χ3n) is 6.00. The Morgan fingerprint density at radius 1 is 1.12 bits per heavy atom. The van der Waals surface area contributed by atoms with Gasteiger partial charge in [-0.05, 0) is 38.1 Å². The Kier molecular flexibility index (Phi) is 6.04. The van der Waals surface area contributed by atoms with E-state index in [1.807, 2.05) is 13.8 Å². The lowest BCUT2D eigenvalue weighted by atomic mass is 9.84. The van der Waals surface area contributed by atoms with Gasteiger partial charge in [-0.3, -0.25) is 19.3 Å². The maximum absolute atomic E-state index is 13.3. The topological polar surface area (TPSA) is 108 Å². The first kappa shape index (κ1) is 22.3. The number of nitrogens with one attached hydrogen (secondary N) is 2. The van der Waals surface area contributed by atoms with E-state index in [4.69, 9.17) is 4.74 Å². The Morgan fingerprint density at radius 3 is 2.64 bits per heavy atom. The molecule has 2 aromatic carbocycles. The number of carbonyl (C=O) groups excluding carboxylic acids is 4. The number of amides is 5. The predicted molar refractivity (Wildman–Crippen MR) is 121 cm³/mol. The molecular weight excluding hydrogens is 424 g/mol. The van der Waals surface area contributed by atoms with Gasteiger partial charge in [-0.2, -0.15) is 0 Å². The maximum atomic E-state index is 13.3. The highest BCUT2D eigenvalue weighted by molar-refractivity contribution is 6.11. The molecule has 1 unspecified atom stereocenters. The lowest BCUT2D eigenvalue weighted by Crippen LogP contribution is -2.48. The standard InChI is InChI=1S/C24H26N4O5/c1-3-27(4-2)21(30)16-8-7-9-17(14-16)25-20(29)15-28-22(31)24(26-23(28)32)12-13-33-19-11-6-5-10-18(19)24/h5-11,14H,3-4,12-13,15H2,1-2H3,(H,25,29)(H,26,32). The Bertz CT molecular complexity index is 1110. The van der Waals surface area contributed by atoms with E-state index in [2.05, 4.69) is 10.6 Å². The first-order valence-electron chi connectivity index (χ1n) is 10.9. The highest BCUT2D eigenvalue weighted by Crippen LogP contribution is 2.40. The fourth-order valence-corrected chi connectivity index (χ4v) is 4.28. The number of rotatable bonds is 6. The lowest BCUT2D eigenvalue weighted by molar-refractivity contribution is -0.135. The van der Waals surface area contributed by atoms with Crippen molar-refractivity contribution in [3.05, 3.63) is 59.7 Å². The van der Waals surface area contributed by atoms with E-state index in [-0.39, 0.29) is 18.9 Å². The number of nitrogens with zero attached hydrogens (tertiary/aromatic N) is 2. The first-order chi connectivity index (χ1) is 15.9. The van der Waals surface area contributed by atoms with E-state index < -0.39 is 29.9 Å². The fraction of sp³-hybridized carbons (Fsp3) is 0.333. The summed E-state index contributed by atoms with van der Waals surface area (Å²) < 4.78 is 5.62. The molecule has 2 N–H and O–H groups in total. The molecule has 172 valence electrons. The van der Waals surface area contributed by atoms with E-state index >= 15 is 0 Å². The van der Waals surface area contributed by atoms with Crippen molar-refractivity contribution >= 4 is 29.4 Å². The van der Waals surface area contributed by atoms with E-state index in [0.29, 0.717) is 35.7 Å². The van der Waals surface area contributed by atoms with Crippen LogP contribution in [-0.2, 0) is 15.1 Å². The molecule has 1 saturated heterocycles. The van der Waals surface area contributed by atoms with Crippen molar-refractivity contribution in [2.45, 2.75) is 25.8 Å². The average molecular weight is 450 g/mol. The molecule has 9 heteroatoms. The number of anilines is 1. The van der Waals surface area contributed by atoms with Crippen LogP contribution in [0.3, 0.4) is 0 Å². The molecule has 1 fully saturated rings. The highest BCUT2D eigenvalue weighted by Gasteiger charge is 2.55. The largest absolute Gasteiger partial charge is 0.493 e. The third kappa shape index (κ3) is 4.02. The Labute approximate surface area is 191 Å². The number of imide groups is 1. The third-order valence-corrected chi connectivity index (χ3v) is 6.00. The zero-order valence-electron chi connectivity index (χ0n) is 18.6. The lowest BCUT2D eigenvalue weighted by Gasteiger charge is -2.33. The van der Waals surface area contributed by atoms with Gasteiger partial charge in [0.25, 0.3) is 11.8 Å². The minimum Gasteiger partial charge on any atom is -0.493 e.